The van der Waals surface area contributed by atoms with E-state index in [9.17, 15) is 9.90 Å². The van der Waals surface area contributed by atoms with Crippen LogP contribution < -0.4 is 5.32 Å². The fourth-order valence-corrected chi connectivity index (χ4v) is 2.76. The Hall–Kier alpha value is -1.70. The van der Waals surface area contributed by atoms with Crippen molar-refractivity contribution in [3.8, 4) is 10.8 Å². The maximum absolute atomic E-state index is 12.0. The molecule has 2 N–H and O–H groups in total. The van der Waals surface area contributed by atoms with E-state index in [4.69, 9.17) is 4.42 Å². The van der Waals surface area contributed by atoms with Crippen LogP contribution in [0.1, 0.15) is 17.4 Å². The molecule has 114 valence electrons. The molecule has 7 heteroatoms. The van der Waals surface area contributed by atoms with Crippen molar-refractivity contribution in [1.82, 2.24) is 15.2 Å². The summed E-state index contributed by atoms with van der Waals surface area (Å²) in [6.07, 6.45) is 1.56. The van der Waals surface area contributed by atoms with Crippen molar-refractivity contribution in [3.05, 3.63) is 29.5 Å². The number of hydrogen-bond acceptors (Lipinski definition) is 6. The van der Waals surface area contributed by atoms with Gasteiger partial charge in [-0.1, -0.05) is 0 Å². The monoisotopic (exact) mass is 309 g/mol. The Morgan fingerprint density at radius 2 is 2.33 bits per heavy atom. The van der Waals surface area contributed by atoms with Gasteiger partial charge in [0, 0.05) is 18.5 Å². The molecule has 21 heavy (non-hydrogen) atoms. The van der Waals surface area contributed by atoms with Crippen LogP contribution in [0.15, 0.2) is 28.2 Å². The molecule has 1 unspecified atom stereocenters. The molecule has 6 nitrogen and oxygen atoms in total. The van der Waals surface area contributed by atoms with Crippen molar-refractivity contribution in [3.63, 3.8) is 0 Å². The fourth-order valence-electron chi connectivity index (χ4n) is 1.99. The maximum atomic E-state index is 12.0. The lowest BCUT2D eigenvalue weighted by Crippen LogP contribution is -2.47. The fraction of sp³-hybridized carbons (Fsp3) is 0.429. The molecule has 0 aliphatic heterocycles. The van der Waals surface area contributed by atoms with Gasteiger partial charge < -0.3 is 19.7 Å². The molecular formula is C14H19N3O3S. The summed E-state index contributed by atoms with van der Waals surface area (Å²) in [5.74, 6) is 0.335. The van der Waals surface area contributed by atoms with Gasteiger partial charge in [-0.2, -0.15) is 0 Å². The van der Waals surface area contributed by atoms with E-state index in [0.29, 0.717) is 23.0 Å². The summed E-state index contributed by atoms with van der Waals surface area (Å²) in [6, 6.07) is 3.57. The Kier molecular flexibility index (Phi) is 4.76. The SMILES string of the molecule is CN(C)CC(C)(O)CNC(=O)c1csc(-c2ccco2)n1. The summed E-state index contributed by atoms with van der Waals surface area (Å²) in [6.45, 7) is 2.31. The maximum Gasteiger partial charge on any atom is 0.270 e. The predicted octanol–water partition coefficient (Wildman–Crippen LogP) is 1.45. The number of nitrogens with one attached hydrogen (secondary N) is 1. The third-order valence-corrected chi connectivity index (χ3v) is 3.61. The topological polar surface area (TPSA) is 78.6 Å². The quantitative estimate of drug-likeness (QED) is 0.844. The molecule has 1 amide bonds. The van der Waals surface area contributed by atoms with Gasteiger partial charge in [0.15, 0.2) is 10.8 Å². The van der Waals surface area contributed by atoms with Gasteiger partial charge in [0.1, 0.15) is 5.69 Å². The molecular weight excluding hydrogens is 290 g/mol. The Bertz CT molecular complexity index is 590. The van der Waals surface area contributed by atoms with Gasteiger partial charge >= 0.3 is 0 Å². The highest BCUT2D eigenvalue weighted by molar-refractivity contribution is 7.13. The third kappa shape index (κ3) is 4.38. The molecule has 0 spiro atoms. The summed E-state index contributed by atoms with van der Waals surface area (Å²) >= 11 is 1.34. The molecule has 0 fully saturated rings. The number of furan rings is 1. The van der Waals surface area contributed by atoms with Crippen molar-refractivity contribution in [1.29, 1.82) is 0 Å². The molecule has 0 radical (unpaired) electrons. The van der Waals surface area contributed by atoms with Gasteiger partial charge in [0.25, 0.3) is 5.91 Å². The Balaban J connectivity index is 1.95. The van der Waals surface area contributed by atoms with Crippen LogP contribution in [0, 0.1) is 0 Å². The van der Waals surface area contributed by atoms with Crippen LogP contribution in [0.2, 0.25) is 0 Å². The van der Waals surface area contributed by atoms with Crippen molar-refractivity contribution in [2.45, 2.75) is 12.5 Å². The average molecular weight is 309 g/mol. The molecule has 2 aromatic rings. The van der Waals surface area contributed by atoms with Crippen molar-refractivity contribution in [2.75, 3.05) is 27.2 Å². The molecule has 0 bridgehead atoms. The Morgan fingerprint density at radius 3 is 2.95 bits per heavy atom. The molecule has 0 aromatic carbocycles. The van der Waals surface area contributed by atoms with Gasteiger partial charge in [0.2, 0.25) is 0 Å². The lowest BCUT2D eigenvalue weighted by Gasteiger charge is -2.26. The highest BCUT2D eigenvalue weighted by Crippen LogP contribution is 2.23. The van der Waals surface area contributed by atoms with Crippen LogP contribution in [0.4, 0.5) is 0 Å². The summed E-state index contributed by atoms with van der Waals surface area (Å²) in [5, 5.41) is 15.2. The van der Waals surface area contributed by atoms with E-state index in [1.807, 2.05) is 19.0 Å². The van der Waals surface area contributed by atoms with E-state index in [0.717, 1.165) is 0 Å². The largest absolute Gasteiger partial charge is 0.462 e. The Labute approximate surface area is 127 Å². The molecule has 2 aromatic heterocycles. The number of aliphatic hydroxyl groups is 1. The summed E-state index contributed by atoms with van der Waals surface area (Å²) < 4.78 is 5.24. The smallest absolute Gasteiger partial charge is 0.270 e. The van der Waals surface area contributed by atoms with E-state index in [1.165, 1.54) is 11.3 Å². The predicted molar refractivity (Wildman–Crippen MR) is 81.3 cm³/mol. The Morgan fingerprint density at radius 1 is 1.57 bits per heavy atom. The van der Waals surface area contributed by atoms with Gasteiger partial charge in [-0.05, 0) is 33.2 Å². The molecule has 0 aliphatic carbocycles. The van der Waals surface area contributed by atoms with E-state index in [1.54, 1.807) is 30.7 Å². The van der Waals surface area contributed by atoms with Gasteiger partial charge in [-0.25, -0.2) is 4.98 Å². The van der Waals surface area contributed by atoms with Crippen LogP contribution >= 0.6 is 11.3 Å². The zero-order chi connectivity index (χ0) is 15.5. The number of thiazole rings is 1. The molecule has 0 saturated heterocycles. The number of amides is 1. The minimum atomic E-state index is -0.987. The minimum Gasteiger partial charge on any atom is -0.462 e. The second kappa shape index (κ2) is 6.38. The van der Waals surface area contributed by atoms with Crippen molar-refractivity contribution >= 4 is 17.2 Å². The number of nitrogens with zero attached hydrogens (tertiary/aromatic N) is 2. The van der Waals surface area contributed by atoms with Crippen LogP contribution in [0.25, 0.3) is 10.8 Å². The van der Waals surface area contributed by atoms with Crippen LogP contribution in [0.3, 0.4) is 0 Å². The van der Waals surface area contributed by atoms with Gasteiger partial charge in [-0.3, -0.25) is 4.79 Å². The minimum absolute atomic E-state index is 0.164. The van der Waals surface area contributed by atoms with Gasteiger partial charge in [0.05, 0.1) is 11.9 Å². The average Bonchev–Trinajstić information content (AvgIpc) is 3.04. The first kappa shape index (κ1) is 15.7. The first-order chi connectivity index (χ1) is 9.87. The molecule has 0 saturated carbocycles. The standard InChI is InChI=1S/C14H19N3O3S/c1-14(19,9-17(2)3)8-15-12(18)10-7-21-13(16-10)11-5-4-6-20-11/h4-7,19H,8-9H2,1-3H3,(H,15,18). The van der Waals surface area contributed by atoms with E-state index in [-0.39, 0.29) is 12.5 Å². The molecule has 2 rings (SSSR count). The number of carbonyl (C=O) groups excluding carboxylic acids is 1. The number of carbonyl (C=O) groups is 1. The number of aromatic nitrogens is 1. The lowest BCUT2D eigenvalue weighted by atomic mass is 10.1. The zero-order valence-corrected chi connectivity index (χ0v) is 13.1. The highest BCUT2D eigenvalue weighted by atomic mass is 32.1. The number of hydrogen-bond donors (Lipinski definition) is 2. The van der Waals surface area contributed by atoms with Crippen molar-refractivity contribution in [2.24, 2.45) is 0 Å². The highest BCUT2D eigenvalue weighted by Gasteiger charge is 2.23. The molecule has 0 aliphatic rings. The van der Waals surface area contributed by atoms with E-state index in [2.05, 4.69) is 10.3 Å². The van der Waals surface area contributed by atoms with Crippen LogP contribution in [-0.2, 0) is 0 Å². The van der Waals surface area contributed by atoms with E-state index < -0.39 is 5.60 Å². The molecule has 1 atom stereocenters. The first-order valence-electron chi connectivity index (χ1n) is 6.52. The molecule has 2 heterocycles. The second-order valence-corrected chi connectivity index (χ2v) is 6.29. The third-order valence-electron chi connectivity index (χ3n) is 2.76. The number of rotatable bonds is 6. The second-order valence-electron chi connectivity index (χ2n) is 5.43. The van der Waals surface area contributed by atoms with Gasteiger partial charge in [-0.15, -0.1) is 11.3 Å². The first-order valence-corrected chi connectivity index (χ1v) is 7.40. The lowest BCUT2D eigenvalue weighted by molar-refractivity contribution is 0.0325. The van der Waals surface area contributed by atoms with Crippen LogP contribution in [-0.4, -0.2) is 53.7 Å². The zero-order valence-electron chi connectivity index (χ0n) is 12.3. The summed E-state index contributed by atoms with van der Waals surface area (Å²) in [5.41, 5.74) is -0.661. The summed E-state index contributed by atoms with van der Waals surface area (Å²) in [4.78, 5) is 18.1. The number of likely N-dealkylation sites (N-methyl/N-ethyl adjacent to an activating group) is 1. The van der Waals surface area contributed by atoms with Crippen LogP contribution in [0.5, 0.6) is 0 Å². The van der Waals surface area contributed by atoms with E-state index >= 15 is 0 Å². The normalized spacial score (nSPS) is 14.1. The van der Waals surface area contributed by atoms with Crippen molar-refractivity contribution < 1.29 is 14.3 Å². The summed E-state index contributed by atoms with van der Waals surface area (Å²) in [7, 11) is 3.73.